The average molecular weight is 284 g/mol. The van der Waals surface area contributed by atoms with Crippen LogP contribution in [0.4, 0.5) is 17.6 Å². The molecule has 0 amide bonds. The first-order chi connectivity index (χ1) is 9.40. The Hall–Kier alpha value is -1.88. The van der Waals surface area contributed by atoms with Gasteiger partial charge in [-0.05, 0) is 42.3 Å². The molecule has 0 aliphatic heterocycles. The van der Waals surface area contributed by atoms with E-state index in [1.165, 1.54) is 13.0 Å². The van der Waals surface area contributed by atoms with Crippen molar-refractivity contribution in [2.75, 3.05) is 0 Å². The van der Waals surface area contributed by atoms with E-state index in [2.05, 4.69) is 0 Å². The Kier molecular flexibility index (Phi) is 4.09. The molecule has 2 aromatic carbocycles. The number of aliphatic hydroxyl groups is 1. The summed E-state index contributed by atoms with van der Waals surface area (Å²) in [6.07, 6.45) is -2.01. The lowest BCUT2D eigenvalue weighted by molar-refractivity contribution is 0.167. The Morgan fingerprint density at radius 1 is 1.00 bits per heavy atom. The molecule has 1 atom stereocenters. The summed E-state index contributed by atoms with van der Waals surface area (Å²) < 4.78 is 53.9. The van der Waals surface area contributed by atoms with E-state index in [1.807, 2.05) is 0 Å². The molecule has 1 unspecified atom stereocenters. The first-order valence-corrected chi connectivity index (χ1v) is 5.96. The van der Waals surface area contributed by atoms with Crippen LogP contribution < -0.4 is 0 Å². The third-order valence-corrected chi connectivity index (χ3v) is 3.07. The van der Waals surface area contributed by atoms with Crippen LogP contribution in [0.2, 0.25) is 0 Å². The molecule has 0 heterocycles. The van der Waals surface area contributed by atoms with Crippen LogP contribution in [0.5, 0.6) is 0 Å². The van der Waals surface area contributed by atoms with Crippen molar-refractivity contribution in [2.45, 2.75) is 19.4 Å². The van der Waals surface area contributed by atoms with Gasteiger partial charge in [-0.3, -0.25) is 0 Å². The van der Waals surface area contributed by atoms with E-state index in [0.29, 0.717) is 0 Å². The maximum Gasteiger partial charge on any atom is 0.134 e. The standard InChI is InChI=1S/C15H12F4O/c1-8-2-4-12(18)14(15(8)19)13(20)7-9-6-10(16)3-5-11(9)17/h2-6,13,20H,7H2,1H3. The van der Waals surface area contributed by atoms with Gasteiger partial charge >= 0.3 is 0 Å². The van der Waals surface area contributed by atoms with Gasteiger partial charge in [-0.1, -0.05) is 6.07 Å². The third kappa shape index (κ3) is 2.82. The molecule has 0 bridgehead atoms. The fourth-order valence-electron chi connectivity index (χ4n) is 1.99. The van der Waals surface area contributed by atoms with Crippen molar-refractivity contribution in [3.63, 3.8) is 0 Å². The molecule has 0 spiro atoms. The lowest BCUT2D eigenvalue weighted by Gasteiger charge is -2.14. The largest absolute Gasteiger partial charge is 0.388 e. The van der Waals surface area contributed by atoms with Crippen molar-refractivity contribution in [3.8, 4) is 0 Å². The highest BCUT2D eigenvalue weighted by atomic mass is 19.1. The zero-order chi connectivity index (χ0) is 14.9. The van der Waals surface area contributed by atoms with Gasteiger partial charge in [-0.2, -0.15) is 0 Å². The number of hydrogen-bond donors (Lipinski definition) is 1. The molecule has 1 nitrogen and oxygen atoms in total. The molecular formula is C15H12F4O. The molecular weight excluding hydrogens is 272 g/mol. The SMILES string of the molecule is Cc1ccc(F)c(C(O)Cc2cc(F)ccc2F)c1F. The molecule has 106 valence electrons. The molecule has 5 heteroatoms. The molecule has 2 rings (SSSR count). The van der Waals surface area contributed by atoms with E-state index in [0.717, 1.165) is 24.3 Å². The summed E-state index contributed by atoms with van der Waals surface area (Å²) >= 11 is 0. The van der Waals surface area contributed by atoms with Gasteiger partial charge in [0.25, 0.3) is 0 Å². The molecule has 0 saturated heterocycles. The zero-order valence-corrected chi connectivity index (χ0v) is 10.6. The van der Waals surface area contributed by atoms with Crippen LogP contribution in [0.1, 0.15) is 22.8 Å². The topological polar surface area (TPSA) is 20.2 Å². The van der Waals surface area contributed by atoms with Crippen molar-refractivity contribution in [2.24, 2.45) is 0 Å². The highest BCUT2D eigenvalue weighted by Crippen LogP contribution is 2.27. The predicted octanol–water partition coefficient (Wildman–Crippen LogP) is 3.83. The van der Waals surface area contributed by atoms with Crippen molar-refractivity contribution in [1.29, 1.82) is 0 Å². The Morgan fingerprint density at radius 2 is 1.65 bits per heavy atom. The molecule has 0 aromatic heterocycles. The Balaban J connectivity index is 2.35. The molecule has 0 saturated carbocycles. The Bertz CT molecular complexity index is 640. The van der Waals surface area contributed by atoms with E-state index in [9.17, 15) is 22.7 Å². The lowest BCUT2D eigenvalue weighted by atomic mass is 9.98. The van der Waals surface area contributed by atoms with Crippen LogP contribution >= 0.6 is 0 Å². The van der Waals surface area contributed by atoms with Gasteiger partial charge < -0.3 is 5.11 Å². The maximum atomic E-state index is 13.8. The maximum absolute atomic E-state index is 13.8. The normalized spacial score (nSPS) is 12.5. The van der Waals surface area contributed by atoms with Crippen LogP contribution in [0.3, 0.4) is 0 Å². The molecule has 0 radical (unpaired) electrons. The number of halogens is 4. The highest BCUT2D eigenvalue weighted by molar-refractivity contribution is 5.30. The van der Waals surface area contributed by atoms with Crippen LogP contribution in [0, 0.1) is 30.2 Å². The van der Waals surface area contributed by atoms with Gasteiger partial charge in [0.1, 0.15) is 23.3 Å². The van der Waals surface area contributed by atoms with Gasteiger partial charge in [-0.25, -0.2) is 17.6 Å². The molecule has 0 fully saturated rings. The predicted molar refractivity (Wildman–Crippen MR) is 66.1 cm³/mol. The number of rotatable bonds is 3. The van der Waals surface area contributed by atoms with Crippen molar-refractivity contribution < 1.29 is 22.7 Å². The van der Waals surface area contributed by atoms with Gasteiger partial charge in [0.2, 0.25) is 0 Å². The number of benzene rings is 2. The third-order valence-electron chi connectivity index (χ3n) is 3.07. The average Bonchev–Trinajstić information content (AvgIpc) is 2.39. The summed E-state index contributed by atoms with van der Waals surface area (Å²) in [6, 6.07) is 4.99. The van der Waals surface area contributed by atoms with Crippen LogP contribution in [-0.2, 0) is 6.42 Å². The van der Waals surface area contributed by atoms with Gasteiger partial charge in [0, 0.05) is 6.42 Å². The monoisotopic (exact) mass is 284 g/mol. The first kappa shape index (κ1) is 14.5. The number of hydrogen-bond acceptors (Lipinski definition) is 1. The molecule has 0 aliphatic carbocycles. The Labute approximate surface area is 113 Å². The summed E-state index contributed by atoms with van der Waals surface area (Å²) in [5.74, 6) is -3.22. The molecule has 1 N–H and O–H groups in total. The summed E-state index contributed by atoms with van der Waals surface area (Å²) in [5, 5.41) is 9.91. The fourth-order valence-corrected chi connectivity index (χ4v) is 1.99. The summed E-state index contributed by atoms with van der Waals surface area (Å²) in [4.78, 5) is 0. The fraction of sp³-hybridized carbons (Fsp3) is 0.200. The van der Waals surface area contributed by atoms with E-state index in [4.69, 9.17) is 0 Å². The van der Waals surface area contributed by atoms with Crippen LogP contribution in [-0.4, -0.2) is 5.11 Å². The van der Waals surface area contributed by atoms with Gasteiger partial charge in [0.15, 0.2) is 0 Å². The van der Waals surface area contributed by atoms with Crippen molar-refractivity contribution in [1.82, 2.24) is 0 Å². The molecule has 0 aliphatic rings. The number of aliphatic hydroxyl groups excluding tert-OH is 1. The van der Waals surface area contributed by atoms with Crippen LogP contribution in [0.15, 0.2) is 30.3 Å². The second-order valence-corrected chi connectivity index (χ2v) is 4.55. The molecule has 20 heavy (non-hydrogen) atoms. The Morgan fingerprint density at radius 3 is 2.35 bits per heavy atom. The number of aryl methyl sites for hydroxylation is 1. The second kappa shape index (κ2) is 5.63. The van der Waals surface area contributed by atoms with Crippen molar-refractivity contribution in [3.05, 3.63) is 70.3 Å². The minimum atomic E-state index is -1.59. The minimum absolute atomic E-state index is 0.141. The zero-order valence-electron chi connectivity index (χ0n) is 10.6. The van der Waals surface area contributed by atoms with E-state index >= 15 is 0 Å². The first-order valence-electron chi connectivity index (χ1n) is 5.96. The van der Waals surface area contributed by atoms with Gasteiger partial charge in [0.05, 0.1) is 11.7 Å². The van der Waals surface area contributed by atoms with E-state index < -0.39 is 41.4 Å². The van der Waals surface area contributed by atoms with Gasteiger partial charge in [-0.15, -0.1) is 0 Å². The summed E-state index contributed by atoms with van der Waals surface area (Å²) in [5.41, 5.74) is -0.508. The van der Waals surface area contributed by atoms with E-state index in [-0.39, 0.29) is 11.1 Å². The summed E-state index contributed by atoms with van der Waals surface area (Å²) in [7, 11) is 0. The minimum Gasteiger partial charge on any atom is -0.388 e. The quantitative estimate of drug-likeness (QED) is 0.849. The van der Waals surface area contributed by atoms with E-state index in [1.54, 1.807) is 0 Å². The smallest absolute Gasteiger partial charge is 0.134 e. The second-order valence-electron chi connectivity index (χ2n) is 4.55. The molecule has 2 aromatic rings. The lowest BCUT2D eigenvalue weighted by Crippen LogP contribution is -2.09. The van der Waals surface area contributed by atoms with Crippen molar-refractivity contribution >= 4 is 0 Å². The summed E-state index contributed by atoms with van der Waals surface area (Å²) in [6.45, 7) is 1.42. The van der Waals surface area contributed by atoms with Crippen LogP contribution in [0.25, 0.3) is 0 Å². The highest BCUT2D eigenvalue weighted by Gasteiger charge is 2.21.